The second-order valence-electron chi connectivity index (χ2n) is 7.92. The first-order chi connectivity index (χ1) is 15.5. The second kappa shape index (κ2) is 8.74. The smallest absolute Gasteiger partial charge is 0.243 e. The monoisotopic (exact) mass is 469 g/mol. The lowest BCUT2D eigenvalue weighted by molar-refractivity contribution is -0.117. The predicted octanol–water partition coefficient (Wildman–Crippen LogP) is 3.85. The van der Waals surface area contributed by atoms with Gasteiger partial charge in [-0.2, -0.15) is 4.31 Å². The Hall–Kier alpha value is -2.59. The first-order valence-electron chi connectivity index (χ1n) is 10.6. The zero-order valence-corrected chi connectivity index (χ0v) is 19.0. The number of nitrogens with zero attached hydrogens (tertiary/aromatic N) is 2. The minimum absolute atomic E-state index is 0.0911. The number of amides is 1. The zero-order valence-electron chi connectivity index (χ0n) is 17.4. The quantitative estimate of drug-likeness (QED) is 0.593. The Morgan fingerprint density at radius 3 is 2.31 bits per heavy atom. The first kappa shape index (κ1) is 21.3. The number of aromatic nitrogens is 1. The molecule has 1 aliphatic heterocycles. The Labute approximate surface area is 191 Å². The van der Waals surface area contributed by atoms with E-state index in [0.717, 1.165) is 40.4 Å². The number of ether oxygens (including phenoxy) is 1. The van der Waals surface area contributed by atoms with Gasteiger partial charge in [-0.25, -0.2) is 13.4 Å². The molecule has 32 heavy (non-hydrogen) atoms. The standard InChI is InChI=1S/C23H23N3O4S2/c27-22(17-1-2-17)24-19-7-3-18(4-8-19)23-25-21(15-31-23)16-5-9-20(10-6-16)32(28,29)26-11-13-30-14-12-26/h3-10,15,17H,1-2,11-14H2,(H,24,27). The van der Waals surface area contributed by atoms with E-state index < -0.39 is 10.0 Å². The molecule has 0 bridgehead atoms. The summed E-state index contributed by atoms with van der Waals surface area (Å²) in [6.45, 7) is 1.60. The molecule has 1 aromatic heterocycles. The van der Waals surface area contributed by atoms with Crippen LogP contribution in [0.3, 0.4) is 0 Å². The number of morpholine rings is 1. The number of benzene rings is 2. The highest BCUT2D eigenvalue weighted by Crippen LogP contribution is 2.32. The summed E-state index contributed by atoms with van der Waals surface area (Å²) >= 11 is 1.53. The Bertz CT molecular complexity index is 1210. The highest BCUT2D eigenvalue weighted by molar-refractivity contribution is 7.89. The molecule has 0 atom stereocenters. The Kier molecular flexibility index (Phi) is 5.81. The van der Waals surface area contributed by atoms with Crippen LogP contribution >= 0.6 is 11.3 Å². The van der Waals surface area contributed by atoms with Gasteiger partial charge in [0.25, 0.3) is 0 Å². The number of nitrogens with one attached hydrogen (secondary N) is 1. The van der Waals surface area contributed by atoms with Crippen LogP contribution in [-0.4, -0.2) is 49.9 Å². The van der Waals surface area contributed by atoms with E-state index in [-0.39, 0.29) is 16.7 Å². The molecule has 7 nitrogen and oxygen atoms in total. The molecular weight excluding hydrogens is 446 g/mol. The van der Waals surface area contributed by atoms with Crippen LogP contribution in [-0.2, 0) is 19.6 Å². The van der Waals surface area contributed by atoms with Crippen LogP contribution in [0.25, 0.3) is 21.8 Å². The van der Waals surface area contributed by atoms with E-state index in [0.29, 0.717) is 26.3 Å². The van der Waals surface area contributed by atoms with Crippen molar-refractivity contribution in [2.24, 2.45) is 5.92 Å². The summed E-state index contributed by atoms with van der Waals surface area (Å²) in [5, 5.41) is 5.77. The number of carbonyl (C=O) groups excluding carboxylic acids is 1. The maximum atomic E-state index is 12.8. The lowest BCUT2D eigenvalue weighted by Crippen LogP contribution is -2.40. The zero-order chi connectivity index (χ0) is 22.1. The summed E-state index contributed by atoms with van der Waals surface area (Å²) in [6.07, 6.45) is 1.96. The van der Waals surface area contributed by atoms with Gasteiger partial charge >= 0.3 is 0 Å². The molecule has 9 heteroatoms. The van der Waals surface area contributed by atoms with Gasteiger partial charge in [0.1, 0.15) is 5.01 Å². The Balaban J connectivity index is 1.29. The molecule has 1 saturated carbocycles. The first-order valence-corrected chi connectivity index (χ1v) is 12.9. The van der Waals surface area contributed by atoms with E-state index in [4.69, 9.17) is 9.72 Å². The van der Waals surface area contributed by atoms with E-state index >= 15 is 0 Å². The molecule has 0 radical (unpaired) electrons. The molecule has 2 aliphatic rings. The summed E-state index contributed by atoms with van der Waals surface area (Å²) in [7, 11) is -3.51. The fourth-order valence-corrected chi connectivity index (χ4v) is 5.80. The number of hydrogen-bond acceptors (Lipinski definition) is 6. The molecule has 5 rings (SSSR count). The topological polar surface area (TPSA) is 88.6 Å². The third-order valence-corrected chi connectivity index (χ3v) is 8.41. The highest BCUT2D eigenvalue weighted by atomic mass is 32.2. The largest absolute Gasteiger partial charge is 0.379 e. The summed E-state index contributed by atoms with van der Waals surface area (Å²) < 4.78 is 32.3. The number of hydrogen-bond donors (Lipinski definition) is 1. The van der Waals surface area contributed by atoms with Gasteiger partial charge in [0.15, 0.2) is 0 Å². The van der Waals surface area contributed by atoms with Crippen molar-refractivity contribution >= 4 is 33.0 Å². The molecular formula is C23H23N3O4S2. The van der Waals surface area contributed by atoms with Crippen LogP contribution in [0.4, 0.5) is 5.69 Å². The van der Waals surface area contributed by atoms with Crippen molar-refractivity contribution in [1.82, 2.24) is 9.29 Å². The van der Waals surface area contributed by atoms with E-state index in [2.05, 4.69) is 5.32 Å². The SMILES string of the molecule is O=C(Nc1ccc(-c2nc(-c3ccc(S(=O)(=O)N4CCOCC4)cc3)cs2)cc1)C1CC1. The minimum Gasteiger partial charge on any atom is -0.379 e. The van der Waals surface area contributed by atoms with Gasteiger partial charge in [-0.05, 0) is 49.2 Å². The Morgan fingerprint density at radius 1 is 1.00 bits per heavy atom. The molecule has 0 spiro atoms. The fraction of sp³-hybridized carbons (Fsp3) is 0.304. The van der Waals surface area contributed by atoms with E-state index in [1.165, 1.54) is 15.6 Å². The summed E-state index contributed by atoms with van der Waals surface area (Å²) in [5.41, 5.74) is 3.42. The molecule has 1 saturated heterocycles. The molecule has 166 valence electrons. The Morgan fingerprint density at radius 2 is 1.66 bits per heavy atom. The van der Waals surface area contributed by atoms with Gasteiger partial charge < -0.3 is 10.1 Å². The van der Waals surface area contributed by atoms with Crippen molar-refractivity contribution in [3.8, 4) is 21.8 Å². The maximum absolute atomic E-state index is 12.8. The minimum atomic E-state index is -3.51. The summed E-state index contributed by atoms with van der Waals surface area (Å²) in [5.74, 6) is 0.264. The average Bonchev–Trinajstić information content (AvgIpc) is 3.57. The van der Waals surface area contributed by atoms with Crippen LogP contribution in [0.2, 0.25) is 0 Å². The van der Waals surface area contributed by atoms with Gasteiger partial charge in [-0.15, -0.1) is 11.3 Å². The van der Waals surface area contributed by atoms with Crippen LogP contribution in [0.5, 0.6) is 0 Å². The average molecular weight is 470 g/mol. The number of thiazole rings is 1. The second-order valence-corrected chi connectivity index (χ2v) is 10.7. The number of sulfonamides is 1. The highest BCUT2D eigenvalue weighted by Gasteiger charge is 2.29. The van der Waals surface area contributed by atoms with Crippen molar-refractivity contribution in [1.29, 1.82) is 0 Å². The third-order valence-electron chi connectivity index (χ3n) is 5.61. The number of rotatable bonds is 6. The van der Waals surface area contributed by atoms with E-state index in [1.807, 2.05) is 29.6 Å². The molecule has 2 aromatic carbocycles. The lowest BCUT2D eigenvalue weighted by atomic mass is 10.2. The van der Waals surface area contributed by atoms with Crippen molar-refractivity contribution in [2.75, 3.05) is 31.6 Å². The van der Waals surface area contributed by atoms with Crippen LogP contribution < -0.4 is 5.32 Å². The molecule has 0 unspecified atom stereocenters. The van der Waals surface area contributed by atoms with E-state index in [1.54, 1.807) is 24.3 Å². The van der Waals surface area contributed by atoms with Crippen LogP contribution in [0.15, 0.2) is 58.8 Å². The van der Waals surface area contributed by atoms with E-state index in [9.17, 15) is 13.2 Å². The fourth-order valence-electron chi connectivity index (χ4n) is 3.56. The van der Waals surface area contributed by atoms with Crippen LogP contribution in [0, 0.1) is 5.92 Å². The lowest BCUT2D eigenvalue weighted by Gasteiger charge is -2.26. The van der Waals surface area contributed by atoms with Gasteiger partial charge in [0.2, 0.25) is 15.9 Å². The summed E-state index contributed by atoms with van der Waals surface area (Å²) in [6, 6.07) is 14.5. The molecule has 3 aromatic rings. The number of anilines is 1. The van der Waals surface area contributed by atoms with Gasteiger partial charge in [-0.3, -0.25) is 4.79 Å². The van der Waals surface area contributed by atoms with Gasteiger partial charge in [-0.1, -0.05) is 12.1 Å². The predicted molar refractivity (Wildman–Crippen MR) is 124 cm³/mol. The van der Waals surface area contributed by atoms with Gasteiger partial charge in [0, 0.05) is 41.2 Å². The molecule has 2 heterocycles. The normalized spacial score (nSPS) is 17.2. The van der Waals surface area contributed by atoms with Crippen molar-refractivity contribution < 1.29 is 17.9 Å². The number of carbonyl (C=O) groups is 1. The molecule has 2 fully saturated rings. The van der Waals surface area contributed by atoms with Crippen molar-refractivity contribution in [3.63, 3.8) is 0 Å². The molecule has 1 aliphatic carbocycles. The van der Waals surface area contributed by atoms with Crippen LogP contribution in [0.1, 0.15) is 12.8 Å². The van der Waals surface area contributed by atoms with Gasteiger partial charge in [0.05, 0.1) is 23.8 Å². The third kappa shape index (κ3) is 4.47. The van der Waals surface area contributed by atoms with Crippen molar-refractivity contribution in [3.05, 3.63) is 53.9 Å². The van der Waals surface area contributed by atoms with Crippen molar-refractivity contribution in [2.45, 2.75) is 17.7 Å². The molecule has 1 amide bonds. The molecule has 1 N–H and O–H groups in total. The summed E-state index contributed by atoms with van der Waals surface area (Å²) in [4.78, 5) is 16.9. The maximum Gasteiger partial charge on any atom is 0.243 e.